The highest BCUT2D eigenvalue weighted by atomic mass is 32.2. The van der Waals surface area contributed by atoms with Gasteiger partial charge in [-0.3, -0.25) is 9.69 Å². The fourth-order valence-electron chi connectivity index (χ4n) is 3.34. The maximum absolute atomic E-state index is 12.6. The molecule has 9 heteroatoms. The first-order valence-electron chi connectivity index (χ1n) is 8.07. The number of piperazine rings is 1. The van der Waals surface area contributed by atoms with Crippen molar-refractivity contribution in [2.45, 2.75) is 18.6 Å². The van der Waals surface area contributed by atoms with Gasteiger partial charge in [-0.2, -0.15) is 13.2 Å². The van der Waals surface area contributed by atoms with E-state index < -0.39 is 21.6 Å². The van der Waals surface area contributed by atoms with Gasteiger partial charge in [-0.1, -0.05) is 0 Å². The molecule has 1 aromatic carbocycles. The van der Waals surface area contributed by atoms with E-state index in [0.717, 1.165) is 12.1 Å². The Morgan fingerprint density at radius 2 is 1.64 bits per heavy atom. The van der Waals surface area contributed by atoms with Gasteiger partial charge in [0.15, 0.2) is 9.84 Å². The first-order chi connectivity index (χ1) is 11.7. The maximum Gasteiger partial charge on any atom is 0.416 e. The van der Waals surface area contributed by atoms with E-state index in [0.29, 0.717) is 32.6 Å². The van der Waals surface area contributed by atoms with Crippen LogP contribution in [0.15, 0.2) is 24.3 Å². The van der Waals surface area contributed by atoms with Crippen LogP contribution in [0.3, 0.4) is 0 Å². The normalized spacial score (nSPS) is 24.4. The molecular formula is C16H19F3N2O3S. The zero-order chi connectivity index (χ0) is 18.2. The summed E-state index contributed by atoms with van der Waals surface area (Å²) in [5.74, 6) is 0.0785. The van der Waals surface area contributed by atoms with Gasteiger partial charge in [0.25, 0.3) is 5.91 Å². The van der Waals surface area contributed by atoms with Crippen LogP contribution < -0.4 is 0 Å². The summed E-state index contributed by atoms with van der Waals surface area (Å²) in [6, 6.07) is 4.22. The van der Waals surface area contributed by atoms with E-state index in [-0.39, 0.29) is 29.0 Å². The summed E-state index contributed by atoms with van der Waals surface area (Å²) >= 11 is 0. The van der Waals surface area contributed by atoms with Crippen LogP contribution in [0.2, 0.25) is 0 Å². The van der Waals surface area contributed by atoms with Crippen molar-refractivity contribution in [3.8, 4) is 0 Å². The lowest BCUT2D eigenvalue weighted by Crippen LogP contribution is -2.52. The molecule has 138 valence electrons. The number of hydrogen-bond acceptors (Lipinski definition) is 4. The second-order valence-electron chi connectivity index (χ2n) is 6.46. The first kappa shape index (κ1) is 18.2. The highest BCUT2D eigenvalue weighted by Gasteiger charge is 2.35. The predicted octanol–water partition coefficient (Wildman–Crippen LogP) is 1.65. The van der Waals surface area contributed by atoms with Crippen molar-refractivity contribution in [1.29, 1.82) is 0 Å². The van der Waals surface area contributed by atoms with Crippen LogP contribution in [-0.2, 0) is 16.0 Å². The molecule has 3 rings (SSSR count). The van der Waals surface area contributed by atoms with Crippen molar-refractivity contribution in [2.24, 2.45) is 0 Å². The number of benzene rings is 1. The summed E-state index contributed by atoms with van der Waals surface area (Å²) in [7, 11) is -2.95. The van der Waals surface area contributed by atoms with Crippen molar-refractivity contribution in [1.82, 2.24) is 9.80 Å². The molecule has 2 fully saturated rings. The number of sulfone groups is 1. The summed E-state index contributed by atoms with van der Waals surface area (Å²) in [5, 5.41) is 0. The Morgan fingerprint density at radius 3 is 2.12 bits per heavy atom. The molecule has 0 aromatic heterocycles. The molecule has 0 aliphatic carbocycles. The van der Waals surface area contributed by atoms with E-state index in [1.807, 2.05) is 0 Å². The summed E-state index contributed by atoms with van der Waals surface area (Å²) in [6.45, 7) is 2.03. The molecule has 2 saturated heterocycles. The van der Waals surface area contributed by atoms with Gasteiger partial charge in [0, 0.05) is 37.8 Å². The fraction of sp³-hybridized carbons (Fsp3) is 0.562. The highest BCUT2D eigenvalue weighted by molar-refractivity contribution is 7.91. The van der Waals surface area contributed by atoms with E-state index in [4.69, 9.17) is 0 Å². The molecule has 0 unspecified atom stereocenters. The third-order valence-corrected chi connectivity index (χ3v) is 6.54. The highest BCUT2D eigenvalue weighted by Crippen LogP contribution is 2.29. The van der Waals surface area contributed by atoms with Gasteiger partial charge in [0.05, 0.1) is 17.1 Å². The lowest BCUT2D eigenvalue weighted by Gasteiger charge is -2.37. The molecule has 1 atom stereocenters. The number of carbonyl (C=O) groups excluding carboxylic acids is 1. The second kappa shape index (κ2) is 6.60. The molecule has 2 aliphatic rings. The van der Waals surface area contributed by atoms with E-state index >= 15 is 0 Å². The minimum absolute atomic E-state index is 0.00770. The molecule has 2 heterocycles. The van der Waals surface area contributed by atoms with Crippen molar-refractivity contribution < 1.29 is 26.4 Å². The standard InChI is InChI=1S/C16H19F3N2O3S/c17-16(18,19)13-3-1-12(2-4-13)15(22)21-8-6-20(7-9-21)14-5-10-25(23,24)11-14/h1-4,14H,5-11H2/t14-/m0/s1. The third-order valence-electron chi connectivity index (χ3n) is 4.79. The number of rotatable bonds is 2. The van der Waals surface area contributed by atoms with Crippen LogP contribution in [0.25, 0.3) is 0 Å². The van der Waals surface area contributed by atoms with Gasteiger partial charge in [-0.15, -0.1) is 0 Å². The Bertz CT molecular complexity index is 739. The Balaban J connectivity index is 1.58. The van der Waals surface area contributed by atoms with Crippen LogP contribution in [-0.4, -0.2) is 67.9 Å². The molecule has 0 radical (unpaired) electrons. The van der Waals surface area contributed by atoms with Gasteiger partial charge in [-0.25, -0.2) is 8.42 Å². The van der Waals surface area contributed by atoms with E-state index in [9.17, 15) is 26.4 Å². The molecule has 0 spiro atoms. The van der Waals surface area contributed by atoms with Gasteiger partial charge in [-0.05, 0) is 30.7 Å². The van der Waals surface area contributed by atoms with Gasteiger partial charge < -0.3 is 4.90 Å². The quantitative estimate of drug-likeness (QED) is 0.788. The van der Waals surface area contributed by atoms with E-state index in [1.54, 1.807) is 4.90 Å². The minimum Gasteiger partial charge on any atom is -0.336 e. The largest absolute Gasteiger partial charge is 0.416 e. The summed E-state index contributed by atoms with van der Waals surface area (Å²) < 4.78 is 60.9. The third kappa shape index (κ3) is 4.14. The minimum atomic E-state index is -4.42. The Labute approximate surface area is 144 Å². The Morgan fingerprint density at radius 1 is 1.04 bits per heavy atom. The summed E-state index contributed by atoms with van der Waals surface area (Å²) in [6.07, 6.45) is -3.80. The van der Waals surface area contributed by atoms with Crippen LogP contribution in [0.1, 0.15) is 22.3 Å². The van der Waals surface area contributed by atoms with Gasteiger partial charge in [0.2, 0.25) is 0 Å². The van der Waals surface area contributed by atoms with Crippen LogP contribution in [0, 0.1) is 0 Å². The molecule has 2 aliphatic heterocycles. The fourth-order valence-corrected chi connectivity index (χ4v) is 5.10. The van der Waals surface area contributed by atoms with Gasteiger partial charge in [0.1, 0.15) is 0 Å². The number of alkyl halides is 3. The van der Waals surface area contributed by atoms with Crippen molar-refractivity contribution in [3.05, 3.63) is 35.4 Å². The Kier molecular flexibility index (Phi) is 4.80. The number of amides is 1. The monoisotopic (exact) mass is 376 g/mol. The van der Waals surface area contributed by atoms with Crippen molar-refractivity contribution >= 4 is 15.7 Å². The Hall–Kier alpha value is -1.61. The zero-order valence-corrected chi connectivity index (χ0v) is 14.3. The average molecular weight is 376 g/mol. The summed E-state index contributed by atoms with van der Waals surface area (Å²) in [4.78, 5) is 16.1. The van der Waals surface area contributed by atoms with Crippen LogP contribution >= 0.6 is 0 Å². The molecule has 1 aromatic rings. The van der Waals surface area contributed by atoms with E-state index in [2.05, 4.69) is 4.90 Å². The predicted molar refractivity (Wildman–Crippen MR) is 86.0 cm³/mol. The molecule has 1 amide bonds. The molecule has 0 N–H and O–H groups in total. The number of carbonyl (C=O) groups is 1. The van der Waals surface area contributed by atoms with Crippen LogP contribution in [0.4, 0.5) is 13.2 Å². The van der Waals surface area contributed by atoms with Crippen LogP contribution in [0.5, 0.6) is 0 Å². The van der Waals surface area contributed by atoms with Crippen molar-refractivity contribution in [3.63, 3.8) is 0 Å². The smallest absolute Gasteiger partial charge is 0.336 e. The topological polar surface area (TPSA) is 57.7 Å². The average Bonchev–Trinajstić information content (AvgIpc) is 2.94. The maximum atomic E-state index is 12.6. The lowest BCUT2D eigenvalue weighted by molar-refractivity contribution is -0.137. The van der Waals surface area contributed by atoms with Gasteiger partial charge >= 0.3 is 6.18 Å². The van der Waals surface area contributed by atoms with E-state index in [1.165, 1.54) is 12.1 Å². The SMILES string of the molecule is O=C(c1ccc(C(F)(F)F)cc1)N1CCN([C@H]2CCS(=O)(=O)C2)CC1. The molecule has 5 nitrogen and oxygen atoms in total. The van der Waals surface area contributed by atoms with Crippen molar-refractivity contribution in [2.75, 3.05) is 37.7 Å². The molecule has 25 heavy (non-hydrogen) atoms. The summed E-state index contributed by atoms with van der Waals surface area (Å²) in [5.41, 5.74) is -0.554. The first-order valence-corrected chi connectivity index (χ1v) is 9.89. The zero-order valence-electron chi connectivity index (χ0n) is 13.5. The molecule has 0 saturated carbocycles. The second-order valence-corrected chi connectivity index (χ2v) is 8.69. The number of nitrogens with zero attached hydrogens (tertiary/aromatic N) is 2. The number of halogens is 3. The molecule has 0 bridgehead atoms. The number of hydrogen-bond donors (Lipinski definition) is 0. The molecular weight excluding hydrogens is 357 g/mol. The lowest BCUT2D eigenvalue weighted by atomic mass is 10.1.